The maximum atomic E-state index is 10.2. The maximum Gasteiger partial charge on any atom is 0.320 e. The lowest BCUT2D eigenvalue weighted by atomic mass is 9.81. The topological polar surface area (TPSA) is 127 Å². The number of aliphatic carboxylic acids is 2. The molecule has 6 heteroatoms. The fraction of sp³-hybridized carbons (Fsp3) is 0.857. The van der Waals surface area contributed by atoms with E-state index in [1.54, 1.807) is 0 Å². The van der Waals surface area contributed by atoms with Gasteiger partial charge in [-0.2, -0.15) is 0 Å². The van der Waals surface area contributed by atoms with Crippen molar-refractivity contribution in [2.24, 2.45) is 23.3 Å². The second-order valence-corrected chi connectivity index (χ2v) is 5.95. The first-order valence-electron chi connectivity index (χ1n) is 7.37. The van der Waals surface area contributed by atoms with Crippen molar-refractivity contribution in [2.75, 3.05) is 0 Å². The van der Waals surface area contributed by atoms with Gasteiger partial charge in [0.1, 0.15) is 12.1 Å². The lowest BCUT2D eigenvalue weighted by Gasteiger charge is -2.26. The molecule has 0 spiro atoms. The maximum absolute atomic E-state index is 10.2. The van der Waals surface area contributed by atoms with Gasteiger partial charge in [0.2, 0.25) is 0 Å². The molecule has 0 aromatic rings. The molecule has 0 aromatic heterocycles. The van der Waals surface area contributed by atoms with Gasteiger partial charge in [-0.05, 0) is 24.7 Å². The first-order valence-corrected chi connectivity index (χ1v) is 7.37. The van der Waals surface area contributed by atoms with E-state index in [0.29, 0.717) is 24.7 Å². The number of carboxylic acid groups (broad SMARTS) is 2. The zero-order valence-corrected chi connectivity index (χ0v) is 11.8. The largest absolute Gasteiger partial charge is 0.480 e. The van der Waals surface area contributed by atoms with Crippen molar-refractivity contribution >= 4 is 11.9 Å². The van der Waals surface area contributed by atoms with Crippen LogP contribution in [-0.4, -0.2) is 34.2 Å². The summed E-state index contributed by atoms with van der Waals surface area (Å²) in [6.45, 7) is 0. The molecule has 0 aromatic carbocycles. The first kappa shape index (κ1) is 16.9. The van der Waals surface area contributed by atoms with Gasteiger partial charge in [0.25, 0.3) is 0 Å². The van der Waals surface area contributed by atoms with Crippen molar-refractivity contribution in [3.05, 3.63) is 0 Å². The summed E-state index contributed by atoms with van der Waals surface area (Å²) >= 11 is 0. The number of nitrogens with two attached hydrogens (primary N) is 2. The Morgan fingerprint density at radius 3 is 1.30 bits per heavy atom. The third-order valence-electron chi connectivity index (χ3n) is 4.26. The summed E-state index contributed by atoms with van der Waals surface area (Å²) in [5.41, 5.74) is 10.7. The lowest BCUT2D eigenvalue weighted by molar-refractivity contribution is -0.140. The molecule has 116 valence electrons. The molecule has 2 rings (SSSR count). The molecule has 2 fully saturated rings. The van der Waals surface area contributed by atoms with Crippen LogP contribution in [0.1, 0.15) is 51.4 Å². The van der Waals surface area contributed by atoms with E-state index in [-0.39, 0.29) is 0 Å². The second-order valence-electron chi connectivity index (χ2n) is 5.95. The molecule has 6 N–H and O–H groups in total. The van der Waals surface area contributed by atoms with E-state index in [9.17, 15) is 9.59 Å². The molecular weight excluding hydrogens is 260 g/mol. The molecule has 2 aliphatic rings. The summed E-state index contributed by atoms with van der Waals surface area (Å²) in [7, 11) is 0. The third-order valence-corrected chi connectivity index (χ3v) is 4.26. The Labute approximate surface area is 119 Å². The van der Waals surface area contributed by atoms with Crippen LogP contribution < -0.4 is 11.5 Å². The SMILES string of the molecule is N[C@H](CC1CCC1)C(=O)O.N[C@H](CC1CCC1)C(=O)O. The van der Waals surface area contributed by atoms with E-state index >= 15 is 0 Å². The molecule has 0 unspecified atom stereocenters. The van der Waals surface area contributed by atoms with Gasteiger partial charge < -0.3 is 21.7 Å². The summed E-state index contributed by atoms with van der Waals surface area (Å²) in [6, 6.07) is -1.27. The zero-order chi connectivity index (χ0) is 15.1. The molecule has 0 bridgehead atoms. The van der Waals surface area contributed by atoms with Crippen molar-refractivity contribution in [3.63, 3.8) is 0 Å². The van der Waals surface area contributed by atoms with Gasteiger partial charge in [-0.1, -0.05) is 38.5 Å². The van der Waals surface area contributed by atoms with E-state index in [2.05, 4.69) is 0 Å². The summed E-state index contributed by atoms with van der Waals surface area (Å²) in [6.07, 6.45) is 8.49. The molecule has 2 saturated carbocycles. The van der Waals surface area contributed by atoms with Crippen LogP contribution in [0.3, 0.4) is 0 Å². The van der Waals surface area contributed by atoms with Gasteiger partial charge in [0.15, 0.2) is 0 Å². The molecule has 0 heterocycles. The average Bonchev–Trinajstić information content (AvgIpc) is 2.28. The summed E-state index contributed by atoms with van der Waals surface area (Å²) in [4.78, 5) is 20.5. The fourth-order valence-electron chi connectivity index (χ4n) is 2.38. The van der Waals surface area contributed by atoms with Crippen LogP contribution in [0.5, 0.6) is 0 Å². The van der Waals surface area contributed by atoms with Gasteiger partial charge in [0.05, 0.1) is 0 Å². The Hall–Kier alpha value is -1.14. The van der Waals surface area contributed by atoms with Gasteiger partial charge in [-0.25, -0.2) is 0 Å². The number of carboxylic acids is 2. The van der Waals surface area contributed by atoms with Crippen LogP contribution in [0.4, 0.5) is 0 Å². The quantitative estimate of drug-likeness (QED) is 0.580. The Morgan fingerprint density at radius 1 is 0.850 bits per heavy atom. The summed E-state index contributed by atoms with van der Waals surface area (Å²) < 4.78 is 0. The molecule has 6 nitrogen and oxygen atoms in total. The Morgan fingerprint density at radius 2 is 1.15 bits per heavy atom. The average molecular weight is 286 g/mol. The lowest BCUT2D eigenvalue weighted by Crippen LogP contribution is -2.33. The highest BCUT2D eigenvalue weighted by Crippen LogP contribution is 2.30. The number of hydrogen-bond donors (Lipinski definition) is 4. The van der Waals surface area contributed by atoms with Crippen molar-refractivity contribution in [2.45, 2.75) is 63.5 Å². The van der Waals surface area contributed by atoms with Crippen molar-refractivity contribution < 1.29 is 19.8 Å². The van der Waals surface area contributed by atoms with E-state index in [0.717, 1.165) is 0 Å². The van der Waals surface area contributed by atoms with Crippen molar-refractivity contribution in [1.82, 2.24) is 0 Å². The Balaban J connectivity index is 0.000000200. The molecule has 0 aliphatic heterocycles. The number of rotatable bonds is 6. The van der Waals surface area contributed by atoms with Gasteiger partial charge in [-0.3, -0.25) is 9.59 Å². The minimum absolute atomic E-state index is 0.589. The van der Waals surface area contributed by atoms with E-state index < -0.39 is 24.0 Å². The van der Waals surface area contributed by atoms with Gasteiger partial charge in [-0.15, -0.1) is 0 Å². The highest BCUT2D eigenvalue weighted by Gasteiger charge is 2.23. The predicted molar refractivity (Wildman–Crippen MR) is 75.1 cm³/mol. The summed E-state index contributed by atoms with van der Waals surface area (Å²) in [5.74, 6) is -0.559. The van der Waals surface area contributed by atoms with Crippen molar-refractivity contribution in [1.29, 1.82) is 0 Å². The molecule has 2 atom stereocenters. The van der Waals surface area contributed by atoms with Crippen LogP contribution in [0.15, 0.2) is 0 Å². The summed E-state index contributed by atoms with van der Waals surface area (Å²) in [5, 5.41) is 16.9. The third kappa shape index (κ3) is 5.88. The van der Waals surface area contributed by atoms with Gasteiger partial charge in [0, 0.05) is 0 Å². The van der Waals surface area contributed by atoms with Crippen LogP contribution >= 0.6 is 0 Å². The normalized spacial score (nSPS) is 21.7. The van der Waals surface area contributed by atoms with Gasteiger partial charge >= 0.3 is 11.9 Å². The highest BCUT2D eigenvalue weighted by atomic mass is 16.4. The fourth-order valence-corrected chi connectivity index (χ4v) is 2.38. The first-order chi connectivity index (χ1) is 9.40. The van der Waals surface area contributed by atoms with Crippen molar-refractivity contribution in [3.8, 4) is 0 Å². The minimum Gasteiger partial charge on any atom is -0.480 e. The Bertz CT molecular complexity index is 295. The number of hydrogen-bond acceptors (Lipinski definition) is 4. The minimum atomic E-state index is -0.869. The van der Waals surface area contributed by atoms with Crippen LogP contribution in [-0.2, 0) is 9.59 Å². The molecular formula is C14H26N2O4. The highest BCUT2D eigenvalue weighted by molar-refractivity contribution is 5.73. The number of carbonyl (C=O) groups is 2. The van der Waals surface area contributed by atoms with Crippen LogP contribution in [0, 0.1) is 11.8 Å². The van der Waals surface area contributed by atoms with E-state index in [1.165, 1.54) is 38.5 Å². The second kappa shape index (κ2) is 8.21. The smallest absolute Gasteiger partial charge is 0.320 e. The monoisotopic (exact) mass is 286 g/mol. The molecule has 0 saturated heterocycles. The Kier molecular flexibility index (Phi) is 6.95. The molecule has 0 radical (unpaired) electrons. The van der Waals surface area contributed by atoms with E-state index in [1.807, 2.05) is 0 Å². The zero-order valence-electron chi connectivity index (χ0n) is 11.8. The standard InChI is InChI=1S/2C7H13NO2/c2*8-6(7(9)10)4-5-2-1-3-5/h2*5-6H,1-4,8H2,(H,9,10)/t2*6-/m11/s1. The van der Waals surface area contributed by atoms with Crippen LogP contribution in [0.2, 0.25) is 0 Å². The molecule has 2 aliphatic carbocycles. The molecule has 0 amide bonds. The van der Waals surface area contributed by atoms with Crippen LogP contribution in [0.25, 0.3) is 0 Å². The predicted octanol–water partition coefficient (Wildman–Crippen LogP) is 1.18. The van der Waals surface area contributed by atoms with E-state index in [4.69, 9.17) is 21.7 Å². The molecule has 20 heavy (non-hydrogen) atoms.